The molecule has 29 rings (SSSR count). The van der Waals surface area contributed by atoms with Gasteiger partial charge in [0.25, 0.3) is 0 Å². The zero-order valence-electron chi connectivity index (χ0n) is 77.9. The van der Waals surface area contributed by atoms with Crippen LogP contribution in [0.2, 0.25) is 0 Å². The average Bonchev–Trinajstić information content (AvgIpc) is 1.46. The fourth-order valence-electron chi connectivity index (χ4n) is 22.2. The monoisotopic (exact) mass is 1860 g/mol. The summed E-state index contributed by atoms with van der Waals surface area (Å²) in [6, 6.07) is 184. The molecule has 0 aliphatic heterocycles. The van der Waals surface area contributed by atoms with E-state index in [0.29, 0.717) is 0 Å². The molecule has 0 radical (unpaired) electrons. The number of hydrogen-bond donors (Lipinski definition) is 0. The van der Waals surface area contributed by atoms with Gasteiger partial charge < -0.3 is 19.1 Å². The molecule has 0 saturated heterocycles. The van der Waals surface area contributed by atoms with Crippen molar-refractivity contribution < 1.29 is 4.42 Å². The van der Waals surface area contributed by atoms with Gasteiger partial charge in [0.2, 0.25) is 0 Å². The molecule has 28 aromatic rings. The van der Waals surface area contributed by atoms with Crippen molar-refractivity contribution in [3.05, 3.63) is 515 Å². The molecule has 0 bridgehead atoms. The van der Waals surface area contributed by atoms with Gasteiger partial charge in [0, 0.05) is 133 Å². The molecule has 4 heterocycles. The van der Waals surface area contributed by atoms with E-state index < -0.39 is 0 Å². The molecule has 0 saturated carbocycles. The molecule has 24 aromatic carbocycles. The molecule has 0 fully saturated rings. The van der Waals surface area contributed by atoms with Gasteiger partial charge in [-0.1, -0.05) is 360 Å². The largest absolute Gasteiger partial charge is 0.456 e. The second kappa shape index (κ2) is 34.7. The Hall–Kier alpha value is -17.3. The molecule has 0 atom stereocenters. The van der Waals surface area contributed by atoms with E-state index in [0.717, 1.165) is 56.1 Å². The van der Waals surface area contributed by atoms with E-state index in [9.17, 15) is 0 Å². The summed E-state index contributed by atoms with van der Waals surface area (Å²) in [6.07, 6.45) is 0. The van der Waals surface area contributed by atoms with Crippen LogP contribution in [0.1, 0.15) is 25.0 Å². The van der Waals surface area contributed by atoms with Crippen molar-refractivity contribution in [3.63, 3.8) is 0 Å². The van der Waals surface area contributed by atoms with Gasteiger partial charge in [0.15, 0.2) is 0 Å². The summed E-state index contributed by atoms with van der Waals surface area (Å²) in [4.78, 5) is 7.28. The number of hydrogen-bond acceptors (Lipinski definition) is 7. The third kappa shape index (κ3) is 14.6. The molecule has 0 unspecified atom stereocenters. The lowest BCUT2D eigenvalue weighted by atomic mass is 9.82. The second-order valence-electron chi connectivity index (χ2n) is 37.7. The quantitative estimate of drug-likeness (QED) is 0.107. The zero-order valence-corrected chi connectivity index (χ0v) is 80.3. The van der Waals surface area contributed by atoms with E-state index in [1.807, 2.05) is 46.1 Å². The van der Waals surface area contributed by atoms with Gasteiger partial charge in [-0.25, -0.2) is 0 Å². The standard InChI is InChI=1S/C47H33NS.C44H27NOS.C44H29NS/c1-47(2)41-16-8-6-14-36(41)37-26-25-35(28-42(37)47)48(34-23-21-31(22-24-34)30-11-4-3-5-12-30)43-17-10-13-32-19-20-33-27-40-38-15-7-9-18-44(38)49-45(40)29-39(33)46(32)43;1-2-9-28(10-3-1)29-19-21-32(22-20-29)45(33-23-24-35-34-12-4-6-15-40(34)46-41(35)26-33)39-14-8-11-30-17-18-31-25-38-36-13-5-7-16-42(36)47-43(38)27-37(31)44(30)39;1-3-10-30(11-4-1)32-20-24-36(25-21-32)45(37-26-22-33(23-27-37)31-12-5-2-6-13-31)41-16-9-14-34-18-19-35-28-40-38-15-7-8-17-42(38)46-43(40)29-39(35)44(34)41/h3-29H,1-2H3;1-27H;1-29H. The van der Waals surface area contributed by atoms with Crippen molar-refractivity contribution in [1.82, 2.24) is 0 Å². The number of rotatable bonds is 13. The highest BCUT2D eigenvalue weighted by Crippen LogP contribution is 2.55. The van der Waals surface area contributed by atoms with Gasteiger partial charge in [0.1, 0.15) is 11.2 Å². The summed E-state index contributed by atoms with van der Waals surface area (Å²) in [6.45, 7) is 4.73. The van der Waals surface area contributed by atoms with Gasteiger partial charge in [0.05, 0.1) is 17.1 Å². The van der Waals surface area contributed by atoms with E-state index in [2.05, 4.69) is 520 Å². The Morgan fingerprint density at radius 3 is 0.866 bits per heavy atom. The van der Waals surface area contributed by atoms with Crippen LogP contribution in [0.5, 0.6) is 0 Å². The fraction of sp³-hybridized carbons (Fsp3) is 0.0222. The van der Waals surface area contributed by atoms with Crippen molar-refractivity contribution in [3.8, 4) is 55.6 Å². The molecule has 1 aliphatic rings. The van der Waals surface area contributed by atoms with Crippen LogP contribution in [0, 0.1) is 0 Å². The van der Waals surface area contributed by atoms with Crippen LogP contribution in [0.4, 0.5) is 51.2 Å². The molecule has 668 valence electrons. The minimum atomic E-state index is -0.0942. The Kier molecular flexibility index (Phi) is 20.5. The van der Waals surface area contributed by atoms with Crippen LogP contribution in [-0.4, -0.2) is 0 Å². The molecule has 0 spiro atoms. The molecule has 7 heteroatoms. The van der Waals surface area contributed by atoms with Gasteiger partial charge in [-0.2, -0.15) is 0 Å². The number of benzene rings is 24. The fourth-order valence-corrected chi connectivity index (χ4v) is 25.6. The number of para-hydroxylation sites is 1. The minimum Gasteiger partial charge on any atom is -0.456 e. The van der Waals surface area contributed by atoms with E-state index >= 15 is 0 Å². The number of fused-ring (bicyclic) bond motifs is 24. The van der Waals surface area contributed by atoms with Crippen LogP contribution in [-0.2, 0) is 5.41 Å². The minimum absolute atomic E-state index is 0.0942. The Morgan fingerprint density at radius 2 is 0.472 bits per heavy atom. The summed E-state index contributed by atoms with van der Waals surface area (Å²) >= 11 is 5.63. The van der Waals surface area contributed by atoms with Crippen LogP contribution in [0.15, 0.2) is 508 Å². The molecule has 142 heavy (non-hydrogen) atoms. The highest BCUT2D eigenvalue weighted by Gasteiger charge is 2.36. The van der Waals surface area contributed by atoms with E-state index in [-0.39, 0.29) is 5.41 Å². The lowest BCUT2D eigenvalue weighted by Crippen LogP contribution is -2.16. The molecule has 4 aromatic heterocycles. The van der Waals surface area contributed by atoms with Crippen molar-refractivity contribution in [2.24, 2.45) is 0 Å². The van der Waals surface area contributed by atoms with Crippen LogP contribution < -0.4 is 14.7 Å². The van der Waals surface area contributed by atoms with Crippen LogP contribution >= 0.6 is 34.0 Å². The lowest BCUT2D eigenvalue weighted by Gasteiger charge is -2.29. The molecule has 0 amide bonds. The van der Waals surface area contributed by atoms with E-state index in [4.69, 9.17) is 4.42 Å². The zero-order chi connectivity index (χ0) is 94.0. The van der Waals surface area contributed by atoms with Crippen molar-refractivity contribution >= 4 is 232 Å². The van der Waals surface area contributed by atoms with Crippen LogP contribution in [0.25, 0.3) is 203 Å². The Labute approximate surface area is 834 Å². The Bertz CT molecular complexity index is 9730. The van der Waals surface area contributed by atoms with Crippen LogP contribution in [0.3, 0.4) is 0 Å². The van der Waals surface area contributed by atoms with Crippen molar-refractivity contribution in [1.29, 1.82) is 0 Å². The number of furan rings is 1. The molecule has 4 nitrogen and oxygen atoms in total. The number of nitrogens with zero attached hydrogens (tertiary/aromatic N) is 3. The number of thiophene rings is 3. The topological polar surface area (TPSA) is 22.9 Å². The Balaban J connectivity index is 0.000000107. The third-order valence-electron chi connectivity index (χ3n) is 29.1. The lowest BCUT2D eigenvalue weighted by molar-refractivity contribution is 0.660. The van der Waals surface area contributed by atoms with Gasteiger partial charge in [-0.3, -0.25) is 0 Å². The summed E-state index contributed by atoms with van der Waals surface area (Å²) < 4.78 is 14.3. The van der Waals surface area contributed by atoms with Gasteiger partial charge in [-0.05, 0) is 267 Å². The first kappa shape index (κ1) is 84.0. The maximum Gasteiger partial charge on any atom is 0.137 e. The summed E-state index contributed by atoms with van der Waals surface area (Å²) in [5.41, 5.74) is 27.0. The maximum absolute atomic E-state index is 6.40. The predicted molar refractivity (Wildman–Crippen MR) is 614 cm³/mol. The first-order chi connectivity index (χ1) is 70.1. The highest BCUT2D eigenvalue weighted by atomic mass is 32.1. The molecule has 1 aliphatic carbocycles. The summed E-state index contributed by atoms with van der Waals surface area (Å²) in [7, 11) is 0. The smallest absolute Gasteiger partial charge is 0.137 e. The Morgan fingerprint density at radius 1 is 0.176 bits per heavy atom. The predicted octanol–water partition coefficient (Wildman–Crippen LogP) is 40.4. The average molecular weight is 1870 g/mol. The van der Waals surface area contributed by atoms with E-state index in [1.165, 1.54) is 209 Å². The SMILES string of the molecule is CC1(C)c2ccccc2-c2ccc(N(c3ccc(-c4ccccc4)cc3)c3cccc4ccc5cc6c(cc5c34)sc3ccccc36)cc21.c1ccc(-c2ccc(N(c3ccc(-c4ccccc4)cc3)c3cccc4ccc5cc6c(cc5c34)sc3ccccc36)cc2)cc1.c1ccc(-c2ccc(N(c3ccc4c(c3)oc3ccccc34)c3cccc4ccc5cc6c(cc5c34)sc3ccccc36)cc2)cc1. The summed E-state index contributed by atoms with van der Waals surface area (Å²) in [5, 5.41) is 25.3. The first-order valence-corrected chi connectivity index (χ1v) is 51.1. The third-order valence-corrected chi connectivity index (χ3v) is 32.5. The van der Waals surface area contributed by atoms with Crippen molar-refractivity contribution in [2.45, 2.75) is 19.3 Å². The molecular formula is C135H89N3OS3. The molecule has 0 N–H and O–H groups in total. The highest BCUT2D eigenvalue weighted by molar-refractivity contribution is 7.26. The van der Waals surface area contributed by atoms with Crippen molar-refractivity contribution in [2.75, 3.05) is 14.7 Å². The molecular weight excluding hydrogens is 1780 g/mol. The van der Waals surface area contributed by atoms with Gasteiger partial charge in [-0.15, -0.1) is 34.0 Å². The van der Waals surface area contributed by atoms with E-state index in [1.54, 1.807) is 0 Å². The number of anilines is 9. The van der Waals surface area contributed by atoms with Gasteiger partial charge >= 0.3 is 0 Å². The second-order valence-corrected chi connectivity index (χ2v) is 40.9. The first-order valence-electron chi connectivity index (χ1n) is 48.6. The summed E-state index contributed by atoms with van der Waals surface area (Å²) in [5.74, 6) is 0. The normalized spacial score (nSPS) is 12.2. The maximum atomic E-state index is 6.40.